The van der Waals surface area contributed by atoms with E-state index in [4.69, 9.17) is 4.74 Å². The summed E-state index contributed by atoms with van der Waals surface area (Å²) in [6.07, 6.45) is 1.40. The van der Waals surface area contributed by atoms with Crippen LogP contribution in [0.15, 0.2) is 66.7 Å². The number of halogens is 2. The summed E-state index contributed by atoms with van der Waals surface area (Å²) in [6, 6.07) is 18.2. The third-order valence-electron chi connectivity index (χ3n) is 4.33. The molecule has 0 amide bonds. The van der Waals surface area contributed by atoms with Crippen LogP contribution in [-0.2, 0) is 9.53 Å². The molecule has 3 aromatic rings. The molecular weight excluding hydrogens is 374 g/mol. The zero-order chi connectivity index (χ0) is 20.6. The quantitative estimate of drug-likeness (QED) is 0.273. The molecule has 0 saturated heterocycles. The van der Waals surface area contributed by atoms with Crippen molar-refractivity contribution in [3.8, 4) is 16.9 Å². The summed E-state index contributed by atoms with van der Waals surface area (Å²) in [5.74, 6) is -0.565. The Morgan fingerprint density at radius 1 is 1.10 bits per heavy atom. The minimum Gasteiger partial charge on any atom is -0.463 e. The van der Waals surface area contributed by atoms with E-state index in [1.165, 1.54) is 16.8 Å². The van der Waals surface area contributed by atoms with Crippen molar-refractivity contribution >= 4 is 12.0 Å². The molecule has 0 aliphatic rings. The van der Waals surface area contributed by atoms with Crippen molar-refractivity contribution in [2.75, 3.05) is 6.61 Å². The first-order valence-corrected chi connectivity index (χ1v) is 9.48. The highest BCUT2D eigenvalue weighted by atomic mass is 19.3. The van der Waals surface area contributed by atoms with E-state index < -0.39 is 12.4 Å². The van der Waals surface area contributed by atoms with Gasteiger partial charge in [-0.1, -0.05) is 61.9 Å². The second-order valence-corrected chi connectivity index (χ2v) is 6.42. The van der Waals surface area contributed by atoms with Crippen molar-refractivity contribution in [1.29, 1.82) is 0 Å². The molecule has 0 atom stereocenters. The number of unbranched alkanes of at least 4 members (excludes halogenated alkanes) is 1. The van der Waals surface area contributed by atoms with E-state index in [2.05, 4.69) is 5.10 Å². The fraction of sp³-hybridized carbons (Fsp3) is 0.217. The average molecular weight is 396 g/mol. The largest absolute Gasteiger partial charge is 0.463 e. The lowest BCUT2D eigenvalue weighted by Gasteiger charge is -2.09. The predicted molar refractivity (Wildman–Crippen MR) is 109 cm³/mol. The lowest BCUT2D eigenvalue weighted by Crippen LogP contribution is -2.02. The van der Waals surface area contributed by atoms with Gasteiger partial charge in [-0.3, -0.25) is 0 Å². The lowest BCUT2D eigenvalue weighted by atomic mass is 10.0. The van der Waals surface area contributed by atoms with E-state index in [0.717, 1.165) is 18.4 Å². The van der Waals surface area contributed by atoms with Crippen molar-refractivity contribution in [1.82, 2.24) is 9.78 Å². The summed E-state index contributed by atoms with van der Waals surface area (Å²) in [5, 5.41) is 4.17. The van der Waals surface area contributed by atoms with Crippen molar-refractivity contribution in [2.24, 2.45) is 0 Å². The van der Waals surface area contributed by atoms with Crippen LogP contribution in [0.1, 0.15) is 37.4 Å². The lowest BCUT2D eigenvalue weighted by molar-refractivity contribution is -0.137. The molecule has 3 rings (SSSR count). The Hall–Kier alpha value is -3.28. The molecule has 4 nitrogen and oxygen atoms in total. The van der Waals surface area contributed by atoms with Gasteiger partial charge in [0.1, 0.15) is 5.69 Å². The SMILES string of the molecule is CCCCOC(=O)/C=C/c1c(C(F)F)nn(-c2ccccc2)c1-c1ccccc1. The molecule has 0 fully saturated rings. The maximum absolute atomic E-state index is 13.8. The number of para-hydroxylation sites is 1. The van der Waals surface area contributed by atoms with Gasteiger partial charge in [-0.15, -0.1) is 0 Å². The normalized spacial score (nSPS) is 11.3. The van der Waals surface area contributed by atoms with Crippen LogP contribution in [0.4, 0.5) is 8.78 Å². The summed E-state index contributed by atoms with van der Waals surface area (Å²) in [5.41, 5.74) is 1.67. The summed E-state index contributed by atoms with van der Waals surface area (Å²) in [7, 11) is 0. The second kappa shape index (κ2) is 9.78. The van der Waals surface area contributed by atoms with Crippen LogP contribution < -0.4 is 0 Å². The minimum absolute atomic E-state index is 0.197. The van der Waals surface area contributed by atoms with Crippen molar-refractivity contribution in [2.45, 2.75) is 26.2 Å². The zero-order valence-electron chi connectivity index (χ0n) is 16.1. The van der Waals surface area contributed by atoms with Crippen LogP contribution in [0.25, 0.3) is 23.0 Å². The van der Waals surface area contributed by atoms with Crippen LogP contribution in [-0.4, -0.2) is 22.4 Å². The Kier molecular flexibility index (Phi) is 6.89. The Labute approximate surface area is 168 Å². The smallest absolute Gasteiger partial charge is 0.330 e. The molecule has 1 heterocycles. The Bertz CT molecular complexity index is 967. The fourth-order valence-electron chi connectivity index (χ4n) is 2.92. The van der Waals surface area contributed by atoms with E-state index in [1.54, 1.807) is 12.1 Å². The topological polar surface area (TPSA) is 44.1 Å². The molecule has 1 aromatic heterocycles. The molecule has 150 valence electrons. The zero-order valence-corrected chi connectivity index (χ0v) is 16.1. The van der Waals surface area contributed by atoms with Crippen molar-refractivity contribution in [3.63, 3.8) is 0 Å². The maximum Gasteiger partial charge on any atom is 0.330 e. The van der Waals surface area contributed by atoms with Crippen LogP contribution in [0.3, 0.4) is 0 Å². The van der Waals surface area contributed by atoms with E-state index in [1.807, 2.05) is 55.5 Å². The monoisotopic (exact) mass is 396 g/mol. The van der Waals surface area contributed by atoms with Crippen LogP contribution in [0.5, 0.6) is 0 Å². The Morgan fingerprint density at radius 3 is 2.38 bits per heavy atom. The molecule has 0 N–H and O–H groups in total. The number of benzene rings is 2. The molecule has 6 heteroatoms. The van der Waals surface area contributed by atoms with Gasteiger partial charge >= 0.3 is 5.97 Å². The van der Waals surface area contributed by atoms with Gasteiger partial charge in [-0.2, -0.15) is 5.10 Å². The molecule has 0 aliphatic carbocycles. The Balaban J connectivity index is 2.10. The number of hydrogen-bond acceptors (Lipinski definition) is 3. The summed E-state index contributed by atoms with van der Waals surface area (Å²) in [4.78, 5) is 12.0. The van der Waals surface area contributed by atoms with Crippen LogP contribution >= 0.6 is 0 Å². The van der Waals surface area contributed by atoms with Gasteiger partial charge in [0.25, 0.3) is 6.43 Å². The van der Waals surface area contributed by atoms with Crippen LogP contribution in [0, 0.1) is 0 Å². The second-order valence-electron chi connectivity index (χ2n) is 6.42. The molecule has 0 saturated carbocycles. The van der Waals surface area contributed by atoms with Crippen molar-refractivity contribution in [3.05, 3.63) is 78.0 Å². The van der Waals surface area contributed by atoms with Gasteiger partial charge < -0.3 is 4.74 Å². The standard InChI is InChI=1S/C23H22F2N2O2/c1-2-3-16-29-20(28)15-14-19-21(23(24)25)26-27(18-12-8-5-9-13-18)22(19)17-10-6-4-7-11-17/h4-15,23H,2-3,16H2,1H3/b15-14+. The highest BCUT2D eigenvalue weighted by molar-refractivity contribution is 5.89. The number of alkyl halides is 2. The fourth-order valence-corrected chi connectivity index (χ4v) is 2.92. The molecule has 0 aliphatic heterocycles. The summed E-state index contributed by atoms with van der Waals surface area (Å²) >= 11 is 0. The molecule has 0 unspecified atom stereocenters. The van der Waals surface area contributed by atoms with E-state index >= 15 is 0 Å². The van der Waals surface area contributed by atoms with E-state index in [9.17, 15) is 13.6 Å². The first-order valence-electron chi connectivity index (χ1n) is 9.48. The summed E-state index contributed by atoms with van der Waals surface area (Å²) in [6.45, 7) is 2.29. The highest BCUT2D eigenvalue weighted by Gasteiger charge is 2.24. The number of carbonyl (C=O) groups is 1. The number of carbonyl (C=O) groups excluding carboxylic acids is 1. The first kappa shape index (κ1) is 20.5. The predicted octanol–water partition coefficient (Wildman–Crippen LogP) is 5.83. The Morgan fingerprint density at radius 2 is 1.76 bits per heavy atom. The number of esters is 1. The third-order valence-corrected chi connectivity index (χ3v) is 4.33. The van der Waals surface area contributed by atoms with Gasteiger partial charge in [0.05, 0.1) is 18.0 Å². The van der Waals surface area contributed by atoms with Crippen LogP contribution in [0.2, 0.25) is 0 Å². The molecule has 0 bridgehead atoms. The third kappa shape index (κ3) is 4.96. The van der Waals surface area contributed by atoms with Crippen molar-refractivity contribution < 1.29 is 18.3 Å². The van der Waals surface area contributed by atoms with E-state index in [-0.39, 0.29) is 11.3 Å². The van der Waals surface area contributed by atoms with Gasteiger partial charge in [0.2, 0.25) is 0 Å². The molecule has 0 radical (unpaired) electrons. The summed E-state index contributed by atoms with van der Waals surface area (Å²) < 4.78 is 34.2. The van der Waals surface area contributed by atoms with Gasteiger partial charge in [-0.05, 0) is 24.6 Å². The highest BCUT2D eigenvalue weighted by Crippen LogP contribution is 2.34. The van der Waals surface area contributed by atoms with E-state index in [0.29, 0.717) is 18.0 Å². The first-order chi connectivity index (χ1) is 14.1. The molecule has 0 spiro atoms. The average Bonchev–Trinajstić information content (AvgIpc) is 3.13. The molecular formula is C23H22F2N2O2. The number of hydrogen-bond donors (Lipinski definition) is 0. The number of nitrogens with zero attached hydrogens (tertiary/aromatic N) is 2. The van der Waals surface area contributed by atoms with Gasteiger partial charge in [0, 0.05) is 17.2 Å². The molecule has 29 heavy (non-hydrogen) atoms. The number of aromatic nitrogens is 2. The van der Waals surface area contributed by atoms with Gasteiger partial charge in [0.15, 0.2) is 0 Å². The minimum atomic E-state index is -2.79. The number of ether oxygens (including phenoxy) is 1. The molecule has 2 aromatic carbocycles. The number of rotatable bonds is 8. The van der Waals surface area contributed by atoms with Gasteiger partial charge in [-0.25, -0.2) is 18.3 Å². The maximum atomic E-state index is 13.8.